The first kappa shape index (κ1) is 48.3. The molecule has 4 atom stereocenters. The van der Waals surface area contributed by atoms with Crippen LogP contribution < -0.4 is 19.3 Å². The maximum Gasteiger partial charge on any atom is 0.212 e. The molecular weight excluding hydrogens is 949 g/mol. The first-order chi connectivity index (χ1) is 33.3. The molecule has 0 saturated carbocycles. The molecule has 0 aliphatic carbocycles. The summed E-state index contributed by atoms with van der Waals surface area (Å²) in [6, 6.07) is 22.3. The van der Waals surface area contributed by atoms with Crippen molar-refractivity contribution in [2.24, 2.45) is 5.41 Å². The van der Waals surface area contributed by atoms with Crippen molar-refractivity contribution in [3.63, 3.8) is 0 Å². The molecule has 4 bridgehead atoms. The van der Waals surface area contributed by atoms with E-state index in [-0.39, 0.29) is 13.2 Å². The zero-order valence-electron chi connectivity index (χ0n) is 39.8. The summed E-state index contributed by atoms with van der Waals surface area (Å²) in [5.74, 6) is 3.46. The van der Waals surface area contributed by atoms with Crippen molar-refractivity contribution in [2.75, 3.05) is 50.2 Å². The van der Waals surface area contributed by atoms with Gasteiger partial charge in [0.05, 0.1) is 20.4 Å². The van der Waals surface area contributed by atoms with Crippen LogP contribution in [0.5, 0.6) is 17.5 Å². The van der Waals surface area contributed by atoms with Crippen LogP contribution in [0.1, 0.15) is 59.1 Å². The molecule has 6 aliphatic heterocycles. The smallest absolute Gasteiger partial charge is 0.212 e. The Balaban J connectivity index is 0.000000157. The van der Waals surface area contributed by atoms with E-state index in [1.54, 1.807) is 41.8 Å². The Morgan fingerprint density at radius 3 is 1.43 bits per heavy atom. The average molecular weight is 1010 g/mol. The SMILES string of the molecule is C.CC(C)(C)C.COc1ccc(CN2C3CC2CN(c2ccc(-c4cc(Br)cn5ncnc45)cn2)C3)cn1.COc1ccc(CN2C3CC2CN(c2ccc(-c4cc(O)cn5ncnc45)cn2)C3)cn1. The van der Waals surface area contributed by atoms with Crippen molar-refractivity contribution < 1.29 is 14.6 Å². The Labute approximate surface area is 417 Å². The Kier molecular flexibility index (Phi) is 14.0. The number of anilines is 2. The number of hydrogen-bond acceptors (Lipinski definition) is 15. The van der Waals surface area contributed by atoms with Crippen molar-refractivity contribution in [3.8, 4) is 39.8 Å². The van der Waals surface area contributed by atoms with E-state index in [2.05, 4.69) is 130 Å². The van der Waals surface area contributed by atoms with Gasteiger partial charge in [0, 0.05) is 133 Å². The highest BCUT2D eigenvalue weighted by Crippen LogP contribution is 2.38. The molecule has 0 spiro atoms. The number of methoxy groups -OCH3 is 2. The largest absolute Gasteiger partial charge is 0.506 e. The van der Waals surface area contributed by atoms with E-state index in [1.165, 1.54) is 30.3 Å². The number of halogens is 1. The van der Waals surface area contributed by atoms with Crippen LogP contribution in [0.15, 0.2) is 115 Å². The van der Waals surface area contributed by atoms with Crippen LogP contribution in [-0.4, -0.2) is 129 Å². The number of pyridine rings is 6. The van der Waals surface area contributed by atoms with E-state index in [1.807, 2.05) is 49.2 Å². The van der Waals surface area contributed by atoms with Gasteiger partial charge < -0.3 is 24.4 Å². The van der Waals surface area contributed by atoms with Gasteiger partial charge in [0.15, 0.2) is 11.3 Å². The number of fused-ring (bicyclic) bond motifs is 6. The molecule has 14 rings (SSSR count). The zero-order chi connectivity index (χ0) is 47.8. The third-order valence-corrected chi connectivity index (χ3v) is 13.3. The molecule has 14 heterocycles. The molecule has 1 N–H and O–H groups in total. The van der Waals surface area contributed by atoms with Crippen LogP contribution in [0.4, 0.5) is 11.6 Å². The predicted molar refractivity (Wildman–Crippen MR) is 275 cm³/mol. The highest BCUT2D eigenvalue weighted by molar-refractivity contribution is 9.10. The molecule has 17 nitrogen and oxygen atoms in total. The highest BCUT2D eigenvalue weighted by Gasteiger charge is 2.45. The van der Waals surface area contributed by atoms with E-state index in [4.69, 9.17) is 19.4 Å². The molecule has 0 aromatic carbocycles. The van der Waals surface area contributed by atoms with E-state index < -0.39 is 0 Å². The molecule has 6 fully saturated rings. The number of piperidine rings is 2. The third kappa shape index (κ3) is 10.5. The van der Waals surface area contributed by atoms with Gasteiger partial charge in [-0.2, -0.15) is 10.2 Å². The monoisotopic (exact) mass is 1010 g/mol. The van der Waals surface area contributed by atoms with Crippen molar-refractivity contribution in [1.29, 1.82) is 0 Å². The molecule has 6 saturated heterocycles. The summed E-state index contributed by atoms with van der Waals surface area (Å²) in [5.41, 5.74) is 8.21. The minimum atomic E-state index is 0. The van der Waals surface area contributed by atoms with Crippen LogP contribution in [0.2, 0.25) is 0 Å². The molecule has 4 unspecified atom stereocenters. The van der Waals surface area contributed by atoms with Gasteiger partial charge in [0.2, 0.25) is 11.8 Å². The van der Waals surface area contributed by atoms with Crippen LogP contribution >= 0.6 is 15.9 Å². The van der Waals surface area contributed by atoms with Gasteiger partial charge in [-0.05, 0) is 81.7 Å². The van der Waals surface area contributed by atoms with Crippen molar-refractivity contribution in [1.82, 2.24) is 58.9 Å². The van der Waals surface area contributed by atoms with Crippen LogP contribution in [0.3, 0.4) is 0 Å². The number of aromatic hydroxyl groups is 1. The lowest BCUT2D eigenvalue weighted by atomic mass is 9.87. The fourth-order valence-corrected chi connectivity index (χ4v) is 10.1. The minimum Gasteiger partial charge on any atom is -0.506 e. The lowest BCUT2D eigenvalue weighted by Crippen LogP contribution is -2.68. The lowest BCUT2D eigenvalue weighted by molar-refractivity contribution is -0.00879. The summed E-state index contributed by atoms with van der Waals surface area (Å²) in [7, 11) is 3.28. The minimum absolute atomic E-state index is 0. The summed E-state index contributed by atoms with van der Waals surface area (Å²) in [5, 5.41) is 18.4. The number of hydrogen-bond donors (Lipinski definition) is 1. The molecule has 6 aliphatic rings. The Bertz CT molecular complexity index is 2790. The van der Waals surface area contributed by atoms with Gasteiger partial charge in [-0.15, -0.1) is 0 Å². The Hall–Kier alpha value is -6.76. The van der Waals surface area contributed by atoms with Crippen molar-refractivity contribution in [2.45, 2.75) is 85.2 Å². The van der Waals surface area contributed by atoms with Gasteiger partial charge in [0.25, 0.3) is 0 Å². The standard InChI is InChI=1S/C23H22BrN7O.C23H23N7O2.C5H12.CH4/c1-32-22-5-2-15(8-26-22)10-30-18-7-19(30)13-29(12-18)21-4-3-16(9-25-21)20-6-17(24)11-31-23(20)27-14-28-31;1-32-22-5-2-15(8-25-22)10-29-17-6-18(29)12-28(11-17)21-4-3-16(9-24-21)20-7-19(31)13-30-23(20)26-14-27-30;1-5(2,3)4;/h2-6,8-9,11,14,18-19H,7,10,12-13H2,1H3;2-5,7-9,13-14,17-18,31H,6,10-12H2,1H3;1-4H3;1H4. The van der Waals surface area contributed by atoms with Gasteiger partial charge in [-0.25, -0.2) is 38.9 Å². The first-order valence-electron chi connectivity index (χ1n) is 23.3. The normalized spacial score (nSPS) is 19.5. The second-order valence-corrected chi connectivity index (χ2v) is 20.6. The summed E-state index contributed by atoms with van der Waals surface area (Å²) in [6.07, 6.45) is 16.6. The Morgan fingerprint density at radius 2 is 1.03 bits per heavy atom. The van der Waals surface area contributed by atoms with Crippen LogP contribution in [0, 0.1) is 5.41 Å². The van der Waals surface area contributed by atoms with E-state index >= 15 is 0 Å². The molecule has 8 aromatic heterocycles. The van der Waals surface area contributed by atoms with Gasteiger partial charge in [-0.3, -0.25) is 9.80 Å². The summed E-state index contributed by atoms with van der Waals surface area (Å²) < 4.78 is 14.6. The summed E-state index contributed by atoms with van der Waals surface area (Å²) in [6.45, 7) is 14.5. The van der Waals surface area contributed by atoms with Gasteiger partial charge >= 0.3 is 0 Å². The third-order valence-electron chi connectivity index (χ3n) is 12.9. The maximum atomic E-state index is 10.0. The van der Waals surface area contributed by atoms with E-state index in [9.17, 15) is 5.11 Å². The van der Waals surface area contributed by atoms with Gasteiger partial charge in [0.1, 0.15) is 30.0 Å². The lowest BCUT2D eigenvalue weighted by Gasteiger charge is -2.56. The topological polar surface area (TPSA) is 164 Å². The fraction of sp³-hybridized carbons (Fsp3) is 0.385. The highest BCUT2D eigenvalue weighted by atomic mass is 79.9. The van der Waals surface area contributed by atoms with Crippen molar-refractivity contribution >= 4 is 38.9 Å². The quantitative estimate of drug-likeness (QED) is 0.139. The van der Waals surface area contributed by atoms with E-state index in [0.29, 0.717) is 47.0 Å². The first-order valence-corrected chi connectivity index (χ1v) is 24.1. The van der Waals surface area contributed by atoms with Crippen LogP contribution in [0.25, 0.3) is 33.5 Å². The second kappa shape index (κ2) is 20.3. The molecule has 18 heteroatoms. The molecule has 70 heavy (non-hydrogen) atoms. The average Bonchev–Trinajstić information content (AvgIpc) is 4.05. The molecule has 0 amide bonds. The number of aromatic nitrogens is 10. The summed E-state index contributed by atoms with van der Waals surface area (Å²) >= 11 is 3.56. The Morgan fingerprint density at radius 1 is 0.586 bits per heavy atom. The van der Waals surface area contributed by atoms with Crippen molar-refractivity contribution in [3.05, 3.63) is 126 Å². The van der Waals surface area contributed by atoms with E-state index in [0.717, 1.165) is 83.3 Å². The van der Waals surface area contributed by atoms with Crippen LogP contribution in [-0.2, 0) is 13.1 Å². The number of ether oxygens (including phenoxy) is 2. The van der Waals surface area contributed by atoms with Gasteiger partial charge in [-0.1, -0.05) is 47.3 Å². The zero-order valence-corrected chi connectivity index (χ0v) is 41.3. The number of rotatable bonds is 10. The molecular formula is C52H61BrN14O3. The molecule has 364 valence electrons. The molecule has 8 aromatic rings. The second-order valence-electron chi connectivity index (χ2n) is 19.7. The number of piperazine rings is 2. The molecule has 0 radical (unpaired) electrons. The summed E-state index contributed by atoms with van der Waals surface area (Å²) in [4.78, 5) is 36.8. The number of nitrogens with zero attached hydrogens (tertiary/aromatic N) is 14. The maximum absolute atomic E-state index is 10.0. The predicted octanol–water partition coefficient (Wildman–Crippen LogP) is 8.47. The fourth-order valence-electron chi connectivity index (χ4n) is 9.63.